The fourth-order valence-electron chi connectivity index (χ4n) is 1.98. The first kappa shape index (κ1) is 13.7. The molecule has 100 valence electrons. The van der Waals surface area contributed by atoms with Crippen LogP contribution in [0.1, 0.15) is 31.5 Å². The Balaban J connectivity index is 2.22. The van der Waals surface area contributed by atoms with Crippen LogP contribution in [0, 0.1) is 20.8 Å². The Morgan fingerprint density at radius 2 is 1.89 bits per heavy atom. The van der Waals surface area contributed by atoms with Crippen LogP contribution in [-0.2, 0) is 6.54 Å². The van der Waals surface area contributed by atoms with Gasteiger partial charge in [-0.1, -0.05) is 6.07 Å². The van der Waals surface area contributed by atoms with Gasteiger partial charge in [0.15, 0.2) is 0 Å². The van der Waals surface area contributed by atoms with E-state index in [1.165, 1.54) is 11.3 Å². The second-order valence-corrected chi connectivity index (χ2v) is 5.64. The molecule has 0 aliphatic heterocycles. The molecular formula is C14H17N3OS. The predicted molar refractivity (Wildman–Crippen MR) is 78.6 cm³/mol. The summed E-state index contributed by atoms with van der Waals surface area (Å²) in [4.78, 5) is 17.1. The lowest BCUT2D eigenvalue weighted by molar-refractivity contribution is 0.103. The molecule has 2 aromatic rings. The Morgan fingerprint density at radius 1 is 1.26 bits per heavy atom. The zero-order valence-electron chi connectivity index (χ0n) is 11.3. The molecule has 0 saturated heterocycles. The molecule has 0 saturated carbocycles. The summed E-state index contributed by atoms with van der Waals surface area (Å²) < 4.78 is 0. The summed E-state index contributed by atoms with van der Waals surface area (Å²) in [6.45, 7) is 6.20. The van der Waals surface area contributed by atoms with Crippen molar-refractivity contribution in [2.45, 2.75) is 27.3 Å². The maximum atomic E-state index is 12.2. The molecule has 5 heteroatoms. The van der Waals surface area contributed by atoms with Crippen LogP contribution in [0.2, 0.25) is 0 Å². The van der Waals surface area contributed by atoms with E-state index in [-0.39, 0.29) is 5.91 Å². The minimum atomic E-state index is -0.125. The summed E-state index contributed by atoms with van der Waals surface area (Å²) in [6.07, 6.45) is 0. The smallest absolute Gasteiger partial charge is 0.267 e. The van der Waals surface area contributed by atoms with E-state index in [0.29, 0.717) is 11.4 Å². The van der Waals surface area contributed by atoms with Gasteiger partial charge in [-0.15, -0.1) is 11.3 Å². The standard InChI is InChI=1S/C14H17N3OS/c1-8-4-9(2)6-11(5-8)17-14(18)13-10(3)16-12(7-15)19-13/h4-6H,7,15H2,1-3H3,(H,17,18). The minimum absolute atomic E-state index is 0.125. The van der Waals surface area contributed by atoms with E-state index in [2.05, 4.69) is 16.4 Å². The second kappa shape index (κ2) is 5.50. The highest BCUT2D eigenvalue weighted by Gasteiger charge is 2.15. The molecule has 0 aliphatic rings. The fourth-order valence-corrected chi connectivity index (χ4v) is 2.82. The number of carbonyl (C=O) groups excluding carboxylic acids is 1. The minimum Gasteiger partial charge on any atom is -0.325 e. The van der Waals surface area contributed by atoms with E-state index in [9.17, 15) is 4.79 Å². The van der Waals surface area contributed by atoms with Crippen molar-refractivity contribution in [1.29, 1.82) is 0 Å². The molecule has 0 bridgehead atoms. The first-order chi connectivity index (χ1) is 8.99. The number of amides is 1. The molecular weight excluding hydrogens is 258 g/mol. The Bertz CT molecular complexity index is 599. The third-order valence-corrected chi connectivity index (χ3v) is 3.88. The van der Waals surface area contributed by atoms with Crippen LogP contribution in [0.3, 0.4) is 0 Å². The van der Waals surface area contributed by atoms with E-state index in [1.54, 1.807) is 0 Å². The summed E-state index contributed by atoms with van der Waals surface area (Å²) in [5, 5.41) is 3.69. The number of aryl methyl sites for hydroxylation is 3. The number of nitrogens with zero attached hydrogens (tertiary/aromatic N) is 1. The molecule has 0 atom stereocenters. The molecule has 0 fully saturated rings. The third-order valence-electron chi connectivity index (χ3n) is 2.70. The van der Waals surface area contributed by atoms with Gasteiger partial charge in [0.25, 0.3) is 5.91 Å². The van der Waals surface area contributed by atoms with Crippen molar-refractivity contribution in [3.8, 4) is 0 Å². The van der Waals surface area contributed by atoms with Crippen LogP contribution in [0.25, 0.3) is 0 Å². The summed E-state index contributed by atoms with van der Waals surface area (Å²) in [7, 11) is 0. The van der Waals surface area contributed by atoms with Crippen LogP contribution in [0.5, 0.6) is 0 Å². The number of hydrogen-bond donors (Lipinski definition) is 2. The van der Waals surface area contributed by atoms with E-state index in [4.69, 9.17) is 5.73 Å². The molecule has 0 radical (unpaired) electrons. The zero-order chi connectivity index (χ0) is 14.0. The van der Waals surface area contributed by atoms with Crippen LogP contribution < -0.4 is 11.1 Å². The number of anilines is 1. The number of carbonyl (C=O) groups is 1. The lowest BCUT2D eigenvalue weighted by Crippen LogP contribution is -2.11. The molecule has 1 aromatic carbocycles. The van der Waals surface area contributed by atoms with Crippen molar-refractivity contribution in [3.05, 3.63) is 44.9 Å². The average Bonchev–Trinajstić information content (AvgIpc) is 2.69. The molecule has 19 heavy (non-hydrogen) atoms. The van der Waals surface area contributed by atoms with Gasteiger partial charge in [-0.05, 0) is 44.0 Å². The van der Waals surface area contributed by atoms with Crippen molar-refractivity contribution in [2.75, 3.05) is 5.32 Å². The van der Waals surface area contributed by atoms with Crippen molar-refractivity contribution in [1.82, 2.24) is 4.98 Å². The number of aromatic nitrogens is 1. The molecule has 4 nitrogen and oxygen atoms in total. The Hall–Kier alpha value is -1.72. The first-order valence-corrected chi connectivity index (χ1v) is 6.87. The SMILES string of the molecule is Cc1cc(C)cc(NC(=O)c2sc(CN)nc2C)c1. The summed E-state index contributed by atoms with van der Waals surface area (Å²) in [5.74, 6) is -0.125. The van der Waals surface area contributed by atoms with Crippen LogP contribution in [0.15, 0.2) is 18.2 Å². The quantitative estimate of drug-likeness (QED) is 0.905. The number of nitrogens with one attached hydrogen (secondary N) is 1. The van der Waals surface area contributed by atoms with Gasteiger partial charge >= 0.3 is 0 Å². The largest absolute Gasteiger partial charge is 0.325 e. The maximum Gasteiger partial charge on any atom is 0.267 e. The Morgan fingerprint density at radius 3 is 2.42 bits per heavy atom. The number of hydrogen-bond acceptors (Lipinski definition) is 4. The summed E-state index contributed by atoms with van der Waals surface area (Å²) in [6, 6.07) is 5.97. The molecule has 3 N–H and O–H groups in total. The van der Waals surface area contributed by atoms with Gasteiger partial charge < -0.3 is 11.1 Å². The number of nitrogens with two attached hydrogens (primary N) is 1. The molecule has 0 unspecified atom stereocenters. The fraction of sp³-hybridized carbons (Fsp3) is 0.286. The predicted octanol–water partition coefficient (Wildman–Crippen LogP) is 2.78. The topological polar surface area (TPSA) is 68.0 Å². The molecule has 2 rings (SSSR count). The van der Waals surface area contributed by atoms with Crippen LogP contribution in [0.4, 0.5) is 5.69 Å². The average molecular weight is 275 g/mol. The summed E-state index contributed by atoms with van der Waals surface area (Å²) in [5.41, 5.74) is 9.33. The third kappa shape index (κ3) is 3.19. The van der Waals surface area contributed by atoms with Crippen molar-refractivity contribution >= 4 is 22.9 Å². The lowest BCUT2D eigenvalue weighted by atomic mass is 10.1. The van der Waals surface area contributed by atoms with Crippen molar-refractivity contribution < 1.29 is 4.79 Å². The van der Waals surface area contributed by atoms with Crippen LogP contribution in [-0.4, -0.2) is 10.9 Å². The van der Waals surface area contributed by atoms with Crippen molar-refractivity contribution in [3.63, 3.8) is 0 Å². The zero-order valence-corrected chi connectivity index (χ0v) is 12.1. The lowest BCUT2D eigenvalue weighted by Gasteiger charge is -2.06. The van der Waals surface area contributed by atoms with Gasteiger partial charge in [0.2, 0.25) is 0 Å². The second-order valence-electron chi connectivity index (χ2n) is 4.56. The number of rotatable bonds is 3. The number of benzene rings is 1. The van der Waals surface area contributed by atoms with Crippen molar-refractivity contribution in [2.24, 2.45) is 5.73 Å². The van der Waals surface area contributed by atoms with Gasteiger partial charge in [0.1, 0.15) is 9.88 Å². The van der Waals surface area contributed by atoms with E-state index < -0.39 is 0 Å². The highest BCUT2D eigenvalue weighted by Crippen LogP contribution is 2.20. The van der Waals surface area contributed by atoms with Gasteiger partial charge in [-0.25, -0.2) is 4.98 Å². The monoisotopic (exact) mass is 275 g/mol. The Kier molecular flexibility index (Phi) is 3.97. The van der Waals surface area contributed by atoms with E-state index in [0.717, 1.165) is 27.5 Å². The number of thiazole rings is 1. The highest BCUT2D eigenvalue weighted by atomic mass is 32.1. The molecule has 1 aromatic heterocycles. The highest BCUT2D eigenvalue weighted by molar-refractivity contribution is 7.13. The first-order valence-electron chi connectivity index (χ1n) is 6.05. The van der Waals surface area contributed by atoms with Crippen LogP contribution >= 0.6 is 11.3 Å². The maximum absolute atomic E-state index is 12.2. The molecule has 1 heterocycles. The van der Waals surface area contributed by atoms with E-state index >= 15 is 0 Å². The molecule has 0 aliphatic carbocycles. The molecule has 1 amide bonds. The van der Waals surface area contributed by atoms with Gasteiger partial charge in [0.05, 0.1) is 5.69 Å². The van der Waals surface area contributed by atoms with Gasteiger partial charge in [0, 0.05) is 12.2 Å². The van der Waals surface area contributed by atoms with Gasteiger partial charge in [-0.2, -0.15) is 0 Å². The van der Waals surface area contributed by atoms with E-state index in [1.807, 2.05) is 32.9 Å². The Labute approximate surface area is 116 Å². The molecule has 0 spiro atoms. The normalized spacial score (nSPS) is 10.5. The van der Waals surface area contributed by atoms with Gasteiger partial charge in [-0.3, -0.25) is 4.79 Å². The summed E-state index contributed by atoms with van der Waals surface area (Å²) >= 11 is 1.35.